The van der Waals surface area contributed by atoms with Crippen molar-refractivity contribution in [2.75, 3.05) is 13.7 Å². The van der Waals surface area contributed by atoms with Crippen molar-refractivity contribution in [2.45, 2.75) is 37.8 Å². The van der Waals surface area contributed by atoms with Crippen LogP contribution in [0.15, 0.2) is 12.7 Å². The second kappa shape index (κ2) is 5.33. The van der Waals surface area contributed by atoms with Crippen molar-refractivity contribution in [1.82, 2.24) is 5.32 Å². The van der Waals surface area contributed by atoms with Gasteiger partial charge in [-0.2, -0.15) is 0 Å². The van der Waals surface area contributed by atoms with E-state index in [1.165, 1.54) is 19.3 Å². The molecule has 0 saturated heterocycles. The lowest BCUT2D eigenvalue weighted by atomic mass is 10.2. The quantitative estimate of drug-likeness (QED) is 0.500. The topological polar surface area (TPSA) is 21.3 Å². The van der Waals surface area contributed by atoms with E-state index in [9.17, 15) is 0 Å². The van der Waals surface area contributed by atoms with E-state index in [0.29, 0.717) is 12.1 Å². The molecule has 2 heteroatoms. The second-order valence-electron chi connectivity index (χ2n) is 3.40. The minimum absolute atomic E-state index is 0.492. The number of nitrogens with one attached hydrogen (secondary N) is 1. The van der Waals surface area contributed by atoms with Crippen LogP contribution in [0, 0.1) is 0 Å². The summed E-state index contributed by atoms with van der Waals surface area (Å²) in [5.74, 6) is 0. The van der Waals surface area contributed by atoms with Crippen molar-refractivity contribution >= 4 is 0 Å². The van der Waals surface area contributed by atoms with Crippen molar-refractivity contribution in [1.29, 1.82) is 0 Å². The van der Waals surface area contributed by atoms with Crippen LogP contribution in [0.4, 0.5) is 0 Å². The molecule has 0 aliphatic heterocycles. The Morgan fingerprint density at radius 3 is 3.00 bits per heavy atom. The number of hydrogen-bond donors (Lipinski definition) is 1. The van der Waals surface area contributed by atoms with Gasteiger partial charge >= 0.3 is 0 Å². The molecule has 12 heavy (non-hydrogen) atoms. The molecule has 2 atom stereocenters. The second-order valence-corrected chi connectivity index (χ2v) is 3.40. The van der Waals surface area contributed by atoms with E-state index < -0.39 is 0 Å². The summed E-state index contributed by atoms with van der Waals surface area (Å²) >= 11 is 0. The minimum Gasteiger partial charge on any atom is -0.381 e. The normalized spacial score (nSPS) is 29.1. The zero-order valence-electron chi connectivity index (χ0n) is 7.88. The molecule has 1 aliphatic rings. The van der Waals surface area contributed by atoms with Gasteiger partial charge in [-0.15, -0.1) is 6.58 Å². The van der Waals surface area contributed by atoms with Gasteiger partial charge in [-0.25, -0.2) is 0 Å². The predicted octanol–water partition coefficient (Wildman–Crippen LogP) is 1.72. The van der Waals surface area contributed by atoms with E-state index in [4.69, 9.17) is 4.74 Å². The van der Waals surface area contributed by atoms with E-state index in [1.807, 2.05) is 6.08 Å². The van der Waals surface area contributed by atoms with Crippen molar-refractivity contribution in [3.05, 3.63) is 12.7 Å². The molecule has 1 fully saturated rings. The molecular formula is C10H19NO. The molecule has 0 heterocycles. The largest absolute Gasteiger partial charge is 0.381 e. The van der Waals surface area contributed by atoms with Crippen LogP contribution in [0.1, 0.15) is 25.7 Å². The molecule has 0 radical (unpaired) electrons. The van der Waals surface area contributed by atoms with Crippen LogP contribution in [-0.2, 0) is 4.74 Å². The summed E-state index contributed by atoms with van der Waals surface area (Å²) in [4.78, 5) is 0. The summed E-state index contributed by atoms with van der Waals surface area (Å²) < 4.78 is 5.29. The molecule has 1 rings (SSSR count). The fourth-order valence-electron chi connectivity index (χ4n) is 1.73. The highest BCUT2D eigenvalue weighted by atomic mass is 16.5. The van der Waals surface area contributed by atoms with E-state index >= 15 is 0 Å². The van der Waals surface area contributed by atoms with Crippen LogP contribution >= 0.6 is 0 Å². The Labute approximate surface area is 75.0 Å². The third-order valence-corrected chi connectivity index (χ3v) is 2.50. The SMILES string of the molecule is C=CCCNC1CCC(OC)C1. The van der Waals surface area contributed by atoms with Crippen LogP contribution in [0.5, 0.6) is 0 Å². The molecule has 2 unspecified atom stereocenters. The van der Waals surface area contributed by atoms with Gasteiger partial charge in [0.1, 0.15) is 0 Å². The van der Waals surface area contributed by atoms with Gasteiger partial charge in [-0.3, -0.25) is 0 Å². The van der Waals surface area contributed by atoms with Gasteiger partial charge < -0.3 is 10.1 Å². The molecule has 0 spiro atoms. The smallest absolute Gasteiger partial charge is 0.0586 e. The summed E-state index contributed by atoms with van der Waals surface area (Å²) in [5, 5.41) is 3.50. The lowest BCUT2D eigenvalue weighted by Gasteiger charge is -2.11. The molecule has 0 aromatic carbocycles. The molecular weight excluding hydrogens is 150 g/mol. The van der Waals surface area contributed by atoms with Gasteiger partial charge in [0.2, 0.25) is 0 Å². The first kappa shape index (κ1) is 9.75. The zero-order valence-corrected chi connectivity index (χ0v) is 7.88. The van der Waals surface area contributed by atoms with Crippen molar-refractivity contribution in [3.63, 3.8) is 0 Å². The third-order valence-electron chi connectivity index (χ3n) is 2.50. The molecule has 2 nitrogen and oxygen atoms in total. The maximum absolute atomic E-state index is 5.29. The zero-order chi connectivity index (χ0) is 8.81. The molecule has 0 amide bonds. The Balaban J connectivity index is 2.06. The summed E-state index contributed by atoms with van der Waals surface area (Å²) in [7, 11) is 1.80. The number of methoxy groups -OCH3 is 1. The van der Waals surface area contributed by atoms with Gasteiger partial charge in [0.05, 0.1) is 6.10 Å². The van der Waals surface area contributed by atoms with Gasteiger partial charge in [0, 0.05) is 13.2 Å². The lowest BCUT2D eigenvalue weighted by molar-refractivity contribution is 0.107. The summed E-state index contributed by atoms with van der Waals surface area (Å²) in [6.07, 6.45) is 7.15. The monoisotopic (exact) mass is 169 g/mol. The highest BCUT2D eigenvalue weighted by molar-refractivity contribution is 4.81. The standard InChI is InChI=1S/C10H19NO/c1-3-4-7-11-9-5-6-10(8-9)12-2/h3,9-11H,1,4-8H2,2H3. The minimum atomic E-state index is 0.492. The van der Waals surface area contributed by atoms with E-state index in [1.54, 1.807) is 7.11 Å². The maximum atomic E-state index is 5.29. The van der Waals surface area contributed by atoms with E-state index in [-0.39, 0.29) is 0 Å². The Morgan fingerprint density at radius 1 is 1.58 bits per heavy atom. The first-order valence-electron chi connectivity index (χ1n) is 4.74. The van der Waals surface area contributed by atoms with Crippen molar-refractivity contribution < 1.29 is 4.74 Å². The summed E-state index contributed by atoms with van der Waals surface area (Å²) in [5.41, 5.74) is 0. The number of ether oxygens (including phenoxy) is 1. The number of hydrogen-bond acceptors (Lipinski definition) is 2. The van der Waals surface area contributed by atoms with Crippen LogP contribution in [0.2, 0.25) is 0 Å². The molecule has 1 N–H and O–H groups in total. The van der Waals surface area contributed by atoms with Crippen molar-refractivity contribution in [2.24, 2.45) is 0 Å². The average molecular weight is 169 g/mol. The predicted molar refractivity (Wildman–Crippen MR) is 51.3 cm³/mol. The van der Waals surface area contributed by atoms with Crippen LogP contribution in [0.25, 0.3) is 0 Å². The van der Waals surface area contributed by atoms with Crippen LogP contribution in [0.3, 0.4) is 0 Å². The van der Waals surface area contributed by atoms with Crippen LogP contribution < -0.4 is 5.32 Å². The van der Waals surface area contributed by atoms with Gasteiger partial charge in [-0.05, 0) is 32.2 Å². The molecule has 0 bridgehead atoms. The summed E-state index contributed by atoms with van der Waals surface area (Å²) in [6.45, 7) is 4.75. The average Bonchev–Trinajstić information content (AvgIpc) is 2.53. The highest BCUT2D eigenvalue weighted by Gasteiger charge is 2.23. The molecule has 0 aromatic rings. The number of rotatable bonds is 5. The first-order valence-corrected chi connectivity index (χ1v) is 4.74. The Kier molecular flexibility index (Phi) is 4.33. The maximum Gasteiger partial charge on any atom is 0.0586 e. The Morgan fingerprint density at radius 2 is 2.42 bits per heavy atom. The third kappa shape index (κ3) is 2.95. The molecule has 0 aromatic heterocycles. The molecule has 1 saturated carbocycles. The lowest BCUT2D eigenvalue weighted by Crippen LogP contribution is -2.27. The fraction of sp³-hybridized carbons (Fsp3) is 0.800. The van der Waals surface area contributed by atoms with Gasteiger partial charge in [-0.1, -0.05) is 6.08 Å². The van der Waals surface area contributed by atoms with E-state index in [0.717, 1.165) is 13.0 Å². The van der Waals surface area contributed by atoms with Crippen LogP contribution in [-0.4, -0.2) is 25.8 Å². The highest BCUT2D eigenvalue weighted by Crippen LogP contribution is 2.21. The first-order chi connectivity index (χ1) is 5.86. The summed E-state index contributed by atoms with van der Waals surface area (Å²) in [6, 6.07) is 0.676. The fourth-order valence-corrected chi connectivity index (χ4v) is 1.73. The Hall–Kier alpha value is -0.340. The molecule has 70 valence electrons. The van der Waals surface area contributed by atoms with Crippen molar-refractivity contribution in [3.8, 4) is 0 Å². The van der Waals surface area contributed by atoms with Gasteiger partial charge in [0.15, 0.2) is 0 Å². The Bertz CT molecular complexity index is 136. The van der Waals surface area contributed by atoms with E-state index in [2.05, 4.69) is 11.9 Å². The molecule has 1 aliphatic carbocycles. The van der Waals surface area contributed by atoms with Gasteiger partial charge in [0.25, 0.3) is 0 Å².